The van der Waals surface area contributed by atoms with Gasteiger partial charge in [0.2, 0.25) is 0 Å². The lowest BCUT2D eigenvalue weighted by molar-refractivity contribution is 0.242. The van der Waals surface area contributed by atoms with E-state index in [9.17, 15) is 0 Å². The molecule has 3 heterocycles. The van der Waals surface area contributed by atoms with Gasteiger partial charge >= 0.3 is 0 Å². The van der Waals surface area contributed by atoms with Crippen molar-refractivity contribution >= 4 is 11.6 Å². The normalized spacial score (nSPS) is 14.9. The standard InChI is InChI=1S/C17H21ClN4/c1-3-4-17-20-9-14-11-22(6-5-15(14)21-17)10-13-8-19-16(18)7-12(13)2/h7-9H,3-6,10-11H2,1-2H3. The lowest BCUT2D eigenvalue weighted by atomic mass is 10.1. The molecule has 2 aromatic heterocycles. The highest BCUT2D eigenvalue weighted by Gasteiger charge is 2.19. The van der Waals surface area contributed by atoms with Crippen molar-refractivity contribution in [1.82, 2.24) is 19.9 Å². The van der Waals surface area contributed by atoms with Crippen LogP contribution in [-0.4, -0.2) is 26.4 Å². The molecule has 2 aromatic rings. The molecule has 0 aromatic carbocycles. The molecule has 0 atom stereocenters. The van der Waals surface area contributed by atoms with E-state index in [1.165, 1.54) is 22.4 Å². The molecule has 0 radical (unpaired) electrons. The third-order valence-electron chi connectivity index (χ3n) is 4.12. The molecule has 0 saturated heterocycles. The van der Waals surface area contributed by atoms with Gasteiger partial charge in [0.15, 0.2) is 0 Å². The summed E-state index contributed by atoms with van der Waals surface area (Å²) < 4.78 is 0. The summed E-state index contributed by atoms with van der Waals surface area (Å²) in [6, 6.07) is 1.93. The van der Waals surface area contributed by atoms with Crippen LogP contribution in [0.3, 0.4) is 0 Å². The monoisotopic (exact) mass is 316 g/mol. The molecule has 0 saturated carbocycles. The summed E-state index contributed by atoms with van der Waals surface area (Å²) in [5.74, 6) is 0.979. The summed E-state index contributed by atoms with van der Waals surface area (Å²) >= 11 is 5.93. The number of halogens is 1. The molecular weight excluding hydrogens is 296 g/mol. The molecule has 1 aliphatic heterocycles. The second-order valence-corrected chi connectivity index (χ2v) is 6.29. The van der Waals surface area contributed by atoms with Gasteiger partial charge in [-0.15, -0.1) is 0 Å². The van der Waals surface area contributed by atoms with Gasteiger partial charge < -0.3 is 0 Å². The summed E-state index contributed by atoms with van der Waals surface area (Å²) in [5.41, 5.74) is 4.91. The number of fused-ring (bicyclic) bond motifs is 1. The molecular formula is C17H21ClN4. The van der Waals surface area contributed by atoms with Crippen molar-refractivity contribution < 1.29 is 0 Å². The summed E-state index contributed by atoms with van der Waals surface area (Å²) in [7, 11) is 0. The molecule has 1 aliphatic rings. The predicted octanol–water partition coefficient (Wildman–Crippen LogP) is 3.34. The van der Waals surface area contributed by atoms with Crippen molar-refractivity contribution in [3.8, 4) is 0 Å². The minimum atomic E-state index is 0.557. The fourth-order valence-electron chi connectivity index (χ4n) is 2.85. The zero-order chi connectivity index (χ0) is 15.5. The van der Waals surface area contributed by atoms with Crippen LogP contribution in [-0.2, 0) is 25.9 Å². The molecule has 4 nitrogen and oxygen atoms in total. The van der Waals surface area contributed by atoms with Crippen LogP contribution < -0.4 is 0 Å². The van der Waals surface area contributed by atoms with Gasteiger partial charge in [-0.05, 0) is 30.5 Å². The van der Waals surface area contributed by atoms with Crippen molar-refractivity contribution in [3.05, 3.63) is 51.8 Å². The van der Waals surface area contributed by atoms with Gasteiger partial charge in [0, 0.05) is 56.1 Å². The first-order valence-corrected chi connectivity index (χ1v) is 8.20. The third-order valence-corrected chi connectivity index (χ3v) is 4.32. The first-order valence-electron chi connectivity index (χ1n) is 7.82. The van der Waals surface area contributed by atoms with Gasteiger partial charge in [-0.25, -0.2) is 15.0 Å². The molecule has 0 bridgehead atoms. The summed E-state index contributed by atoms with van der Waals surface area (Å²) in [4.78, 5) is 15.8. The average molecular weight is 317 g/mol. The molecule has 0 spiro atoms. The summed E-state index contributed by atoms with van der Waals surface area (Å²) in [6.45, 7) is 7.07. The summed E-state index contributed by atoms with van der Waals surface area (Å²) in [5, 5.41) is 0.557. The molecule has 0 N–H and O–H groups in total. The van der Waals surface area contributed by atoms with E-state index >= 15 is 0 Å². The Morgan fingerprint density at radius 1 is 1.27 bits per heavy atom. The van der Waals surface area contributed by atoms with Crippen molar-refractivity contribution in [3.63, 3.8) is 0 Å². The van der Waals surface area contributed by atoms with E-state index in [0.29, 0.717) is 5.15 Å². The maximum absolute atomic E-state index is 5.93. The van der Waals surface area contributed by atoms with Crippen molar-refractivity contribution in [1.29, 1.82) is 0 Å². The first-order chi connectivity index (χ1) is 10.7. The Bertz CT molecular complexity index is 672. The predicted molar refractivity (Wildman–Crippen MR) is 87.8 cm³/mol. The van der Waals surface area contributed by atoms with Gasteiger partial charge in [-0.2, -0.15) is 0 Å². The second kappa shape index (κ2) is 6.71. The Balaban J connectivity index is 1.71. The van der Waals surface area contributed by atoms with Crippen LogP contribution in [0, 0.1) is 6.92 Å². The molecule has 0 unspecified atom stereocenters. The number of hydrogen-bond donors (Lipinski definition) is 0. The van der Waals surface area contributed by atoms with Gasteiger partial charge in [-0.1, -0.05) is 18.5 Å². The number of pyridine rings is 1. The van der Waals surface area contributed by atoms with Crippen LogP contribution >= 0.6 is 11.6 Å². The fourth-order valence-corrected chi connectivity index (χ4v) is 3.06. The number of nitrogens with zero attached hydrogens (tertiary/aromatic N) is 4. The van der Waals surface area contributed by atoms with E-state index in [4.69, 9.17) is 16.6 Å². The smallest absolute Gasteiger partial charge is 0.129 e. The Morgan fingerprint density at radius 2 is 2.14 bits per heavy atom. The molecule has 0 fully saturated rings. The van der Waals surface area contributed by atoms with Crippen LogP contribution in [0.4, 0.5) is 0 Å². The Hall–Kier alpha value is -1.52. The van der Waals surface area contributed by atoms with Crippen LogP contribution in [0.25, 0.3) is 0 Å². The zero-order valence-corrected chi connectivity index (χ0v) is 13.9. The molecule has 22 heavy (non-hydrogen) atoms. The molecule has 0 amide bonds. The van der Waals surface area contributed by atoms with E-state index in [2.05, 4.69) is 28.7 Å². The summed E-state index contributed by atoms with van der Waals surface area (Å²) in [6.07, 6.45) is 6.94. The number of rotatable bonds is 4. The first kappa shape index (κ1) is 15.4. The molecule has 0 aliphatic carbocycles. The quantitative estimate of drug-likeness (QED) is 0.811. The van der Waals surface area contributed by atoms with E-state index in [0.717, 1.165) is 44.7 Å². The average Bonchev–Trinajstić information content (AvgIpc) is 2.50. The van der Waals surface area contributed by atoms with E-state index in [-0.39, 0.29) is 0 Å². The minimum Gasteiger partial charge on any atom is -0.294 e. The molecule has 3 rings (SSSR count). The second-order valence-electron chi connectivity index (χ2n) is 5.90. The van der Waals surface area contributed by atoms with Crippen LogP contribution in [0.15, 0.2) is 18.5 Å². The fraction of sp³-hybridized carbons (Fsp3) is 0.471. The number of hydrogen-bond acceptors (Lipinski definition) is 4. The van der Waals surface area contributed by atoms with Crippen molar-refractivity contribution in [2.24, 2.45) is 0 Å². The van der Waals surface area contributed by atoms with Crippen LogP contribution in [0.1, 0.15) is 41.6 Å². The van der Waals surface area contributed by atoms with Gasteiger partial charge in [0.05, 0.1) is 0 Å². The molecule has 5 heteroatoms. The van der Waals surface area contributed by atoms with Gasteiger partial charge in [0.25, 0.3) is 0 Å². The highest BCUT2D eigenvalue weighted by atomic mass is 35.5. The number of aromatic nitrogens is 3. The zero-order valence-electron chi connectivity index (χ0n) is 13.1. The lowest BCUT2D eigenvalue weighted by Crippen LogP contribution is -2.31. The van der Waals surface area contributed by atoms with Gasteiger partial charge in [0.1, 0.15) is 11.0 Å². The van der Waals surface area contributed by atoms with E-state index < -0.39 is 0 Å². The van der Waals surface area contributed by atoms with Crippen LogP contribution in [0.5, 0.6) is 0 Å². The third kappa shape index (κ3) is 3.45. The topological polar surface area (TPSA) is 41.9 Å². The molecule has 116 valence electrons. The Morgan fingerprint density at radius 3 is 2.91 bits per heavy atom. The largest absolute Gasteiger partial charge is 0.294 e. The highest BCUT2D eigenvalue weighted by molar-refractivity contribution is 6.29. The Kier molecular flexibility index (Phi) is 4.69. The van der Waals surface area contributed by atoms with E-state index in [1.807, 2.05) is 18.5 Å². The minimum absolute atomic E-state index is 0.557. The van der Waals surface area contributed by atoms with Crippen molar-refractivity contribution in [2.45, 2.75) is 46.2 Å². The SMILES string of the molecule is CCCc1ncc2c(n1)CCN(Cc1cnc(Cl)cc1C)C2. The highest BCUT2D eigenvalue weighted by Crippen LogP contribution is 2.20. The van der Waals surface area contributed by atoms with Crippen LogP contribution in [0.2, 0.25) is 5.15 Å². The maximum Gasteiger partial charge on any atom is 0.129 e. The van der Waals surface area contributed by atoms with Gasteiger partial charge in [-0.3, -0.25) is 4.90 Å². The maximum atomic E-state index is 5.93. The lowest BCUT2D eigenvalue weighted by Gasteiger charge is -2.28. The van der Waals surface area contributed by atoms with Crippen molar-refractivity contribution in [2.75, 3.05) is 6.54 Å². The van der Waals surface area contributed by atoms with E-state index in [1.54, 1.807) is 0 Å². The number of aryl methyl sites for hydroxylation is 2. The Labute approximate surface area is 136 Å².